The van der Waals surface area contributed by atoms with Crippen LogP contribution in [0.5, 0.6) is 5.75 Å². The van der Waals surface area contributed by atoms with Gasteiger partial charge in [0.2, 0.25) is 0 Å². The normalized spacial score (nSPS) is 12.9. The standard InChI is InChI=1S/C10H14BrNO/c1-6-3-8(5-7(2)12)10(13)9(11)4-6/h3-4,7,13H,5,12H2,1-2H3. The number of hydrogen-bond acceptors (Lipinski definition) is 2. The molecule has 13 heavy (non-hydrogen) atoms. The minimum atomic E-state index is 0.0691. The molecule has 3 heteroatoms. The van der Waals surface area contributed by atoms with E-state index in [9.17, 15) is 5.11 Å². The molecule has 1 rings (SSSR count). The van der Waals surface area contributed by atoms with Crippen molar-refractivity contribution in [1.29, 1.82) is 0 Å². The van der Waals surface area contributed by atoms with Crippen molar-refractivity contribution in [3.63, 3.8) is 0 Å². The molecular formula is C10H14BrNO. The van der Waals surface area contributed by atoms with Gasteiger partial charge in [0.15, 0.2) is 0 Å². The van der Waals surface area contributed by atoms with Gasteiger partial charge in [0, 0.05) is 6.04 Å². The molecule has 0 saturated heterocycles. The van der Waals surface area contributed by atoms with Gasteiger partial charge in [0.05, 0.1) is 4.47 Å². The molecule has 0 aliphatic heterocycles. The minimum absolute atomic E-state index is 0.0691. The molecule has 0 spiro atoms. The number of phenols is 1. The molecule has 1 atom stereocenters. The molecule has 1 aromatic rings. The number of nitrogens with two attached hydrogens (primary N) is 1. The van der Waals surface area contributed by atoms with Gasteiger partial charge < -0.3 is 10.8 Å². The Hall–Kier alpha value is -0.540. The van der Waals surface area contributed by atoms with Gasteiger partial charge in [-0.2, -0.15) is 0 Å². The maximum absolute atomic E-state index is 9.67. The van der Waals surface area contributed by atoms with Crippen LogP contribution in [0.25, 0.3) is 0 Å². The van der Waals surface area contributed by atoms with Crippen molar-refractivity contribution in [3.8, 4) is 5.75 Å². The van der Waals surface area contributed by atoms with Gasteiger partial charge in [-0.25, -0.2) is 0 Å². The molecule has 1 aromatic carbocycles. The Balaban J connectivity index is 3.05. The van der Waals surface area contributed by atoms with E-state index in [0.717, 1.165) is 15.6 Å². The maximum Gasteiger partial charge on any atom is 0.133 e. The molecule has 0 radical (unpaired) electrons. The fourth-order valence-corrected chi connectivity index (χ4v) is 1.92. The molecular weight excluding hydrogens is 230 g/mol. The van der Waals surface area contributed by atoms with Crippen molar-refractivity contribution in [2.75, 3.05) is 0 Å². The van der Waals surface area contributed by atoms with Crippen molar-refractivity contribution in [1.82, 2.24) is 0 Å². The van der Waals surface area contributed by atoms with E-state index in [1.165, 1.54) is 0 Å². The zero-order valence-electron chi connectivity index (χ0n) is 7.84. The first-order chi connectivity index (χ1) is 6.00. The number of hydrogen-bond donors (Lipinski definition) is 2. The second-order valence-electron chi connectivity index (χ2n) is 3.44. The summed E-state index contributed by atoms with van der Waals surface area (Å²) in [7, 11) is 0. The third-order valence-corrected chi connectivity index (χ3v) is 2.43. The van der Waals surface area contributed by atoms with Crippen molar-refractivity contribution in [2.45, 2.75) is 26.3 Å². The van der Waals surface area contributed by atoms with Crippen molar-refractivity contribution >= 4 is 15.9 Å². The number of halogens is 1. The largest absolute Gasteiger partial charge is 0.506 e. The van der Waals surface area contributed by atoms with Crippen molar-refractivity contribution in [3.05, 3.63) is 27.7 Å². The molecule has 0 heterocycles. The first-order valence-electron chi connectivity index (χ1n) is 4.24. The molecule has 0 aromatic heterocycles. The summed E-state index contributed by atoms with van der Waals surface area (Å²) < 4.78 is 0.739. The summed E-state index contributed by atoms with van der Waals surface area (Å²) >= 11 is 3.30. The predicted molar refractivity (Wildman–Crippen MR) is 57.9 cm³/mol. The molecule has 72 valence electrons. The van der Waals surface area contributed by atoms with Gasteiger partial charge in [-0.05, 0) is 53.4 Å². The van der Waals surface area contributed by atoms with Gasteiger partial charge in [0.25, 0.3) is 0 Å². The van der Waals surface area contributed by atoms with Gasteiger partial charge in [0.1, 0.15) is 5.75 Å². The minimum Gasteiger partial charge on any atom is -0.506 e. The molecule has 0 aliphatic rings. The van der Waals surface area contributed by atoms with Crippen molar-refractivity contribution < 1.29 is 5.11 Å². The lowest BCUT2D eigenvalue weighted by Gasteiger charge is -2.09. The van der Waals surface area contributed by atoms with E-state index < -0.39 is 0 Å². The smallest absolute Gasteiger partial charge is 0.133 e. The van der Waals surface area contributed by atoms with E-state index in [1.807, 2.05) is 26.0 Å². The van der Waals surface area contributed by atoms with Gasteiger partial charge >= 0.3 is 0 Å². The zero-order chi connectivity index (χ0) is 10.0. The van der Waals surface area contributed by atoms with Crippen LogP contribution in [0.4, 0.5) is 0 Å². The quantitative estimate of drug-likeness (QED) is 0.838. The van der Waals surface area contributed by atoms with E-state index in [1.54, 1.807) is 0 Å². The number of rotatable bonds is 2. The Morgan fingerprint density at radius 1 is 1.54 bits per heavy atom. The lowest BCUT2D eigenvalue weighted by Crippen LogP contribution is -2.17. The molecule has 0 fully saturated rings. The van der Waals surface area contributed by atoms with Crippen LogP contribution in [0, 0.1) is 6.92 Å². The van der Waals surface area contributed by atoms with Gasteiger partial charge in [-0.1, -0.05) is 6.07 Å². The third-order valence-electron chi connectivity index (χ3n) is 1.83. The molecule has 0 amide bonds. The van der Waals surface area contributed by atoms with Crippen LogP contribution >= 0.6 is 15.9 Å². The highest BCUT2D eigenvalue weighted by Crippen LogP contribution is 2.29. The third kappa shape index (κ3) is 2.71. The summed E-state index contributed by atoms with van der Waals surface area (Å²) in [5, 5.41) is 9.67. The molecule has 2 nitrogen and oxygen atoms in total. The Kier molecular flexibility index (Phi) is 3.33. The molecule has 0 aliphatic carbocycles. The molecule has 1 unspecified atom stereocenters. The SMILES string of the molecule is Cc1cc(Br)c(O)c(CC(C)N)c1. The molecule has 3 N–H and O–H groups in total. The van der Waals surface area contributed by atoms with E-state index in [2.05, 4.69) is 15.9 Å². The van der Waals surface area contributed by atoms with E-state index >= 15 is 0 Å². The van der Waals surface area contributed by atoms with Crippen LogP contribution in [0.2, 0.25) is 0 Å². The van der Waals surface area contributed by atoms with E-state index in [-0.39, 0.29) is 6.04 Å². The van der Waals surface area contributed by atoms with E-state index in [4.69, 9.17) is 5.73 Å². The fourth-order valence-electron chi connectivity index (χ4n) is 1.31. The molecule has 0 saturated carbocycles. The highest BCUT2D eigenvalue weighted by molar-refractivity contribution is 9.10. The Morgan fingerprint density at radius 2 is 2.15 bits per heavy atom. The second-order valence-corrected chi connectivity index (χ2v) is 4.29. The average molecular weight is 244 g/mol. The first kappa shape index (κ1) is 10.5. The van der Waals surface area contributed by atoms with Crippen LogP contribution in [-0.2, 0) is 6.42 Å². The van der Waals surface area contributed by atoms with Crippen LogP contribution < -0.4 is 5.73 Å². The predicted octanol–water partition coefficient (Wildman–Crippen LogP) is 2.35. The highest BCUT2D eigenvalue weighted by Gasteiger charge is 2.07. The van der Waals surface area contributed by atoms with Crippen LogP contribution in [-0.4, -0.2) is 11.1 Å². The lowest BCUT2D eigenvalue weighted by atomic mass is 10.0. The zero-order valence-corrected chi connectivity index (χ0v) is 9.43. The van der Waals surface area contributed by atoms with E-state index in [0.29, 0.717) is 12.2 Å². The topological polar surface area (TPSA) is 46.2 Å². The van der Waals surface area contributed by atoms with Crippen LogP contribution in [0.3, 0.4) is 0 Å². The Morgan fingerprint density at radius 3 is 2.69 bits per heavy atom. The van der Waals surface area contributed by atoms with Gasteiger partial charge in [-0.3, -0.25) is 0 Å². The summed E-state index contributed by atoms with van der Waals surface area (Å²) in [6, 6.07) is 3.92. The summed E-state index contributed by atoms with van der Waals surface area (Å²) in [5.74, 6) is 0.308. The summed E-state index contributed by atoms with van der Waals surface area (Å²) in [6.07, 6.45) is 0.701. The number of phenolic OH excluding ortho intramolecular Hbond substituents is 1. The summed E-state index contributed by atoms with van der Waals surface area (Å²) in [5.41, 5.74) is 7.70. The number of aryl methyl sites for hydroxylation is 1. The fraction of sp³-hybridized carbons (Fsp3) is 0.400. The number of benzene rings is 1. The summed E-state index contributed by atoms with van der Waals surface area (Å²) in [6.45, 7) is 3.92. The number of aromatic hydroxyl groups is 1. The van der Waals surface area contributed by atoms with Crippen molar-refractivity contribution in [2.24, 2.45) is 5.73 Å². The Labute approximate surface area is 86.9 Å². The van der Waals surface area contributed by atoms with Crippen LogP contribution in [0.1, 0.15) is 18.1 Å². The molecule has 0 bridgehead atoms. The Bertz CT molecular complexity index is 310. The monoisotopic (exact) mass is 243 g/mol. The maximum atomic E-state index is 9.67. The van der Waals surface area contributed by atoms with Gasteiger partial charge in [-0.15, -0.1) is 0 Å². The van der Waals surface area contributed by atoms with Crippen LogP contribution in [0.15, 0.2) is 16.6 Å². The average Bonchev–Trinajstić information content (AvgIpc) is 1.98. The summed E-state index contributed by atoms with van der Waals surface area (Å²) in [4.78, 5) is 0. The second kappa shape index (κ2) is 4.11. The lowest BCUT2D eigenvalue weighted by molar-refractivity contribution is 0.462. The first-order valence-corrected chi connectivity index (χ1v) is 5.03. The highest BCUT2D eigenvalue weighted by atomic mass is 79.9.